The van der Waals surface area contributed by atoms with Gasteiger partial charge in [-0.25, -0.2) is 0 Å². The van der Waals surface area contributed by atoms with Gasteiger partial charge in [0.05, 0.1) is 12.7 Å². The zero-order chi connectivity index (χ0) is 14.6. The van der Waals surface area contributed by atoms with Crippen LogP contribution in [0.2, 0.25) is 0 Å². The number of nitrogens with zero attached hydrogens (tertiary/aromatic N) is 1. The summed E-state index contributed by atoms with van der Waals surface area (Å²) in [6, 6.07) is 0.477. The molecule has 2 rings (SSSR count). The van der Waals surface area contributed by atoms with Gasteiger partial charge in [0.15, 0.2) is 0 Å². The third-order valence-electron chi connectivity index (χ3n) is 3.90. The normalized spacial score (nSPS) is 27.6. The summed E-state index contributed by atoms with van der Waals surface area (Å²) >= 11 is 0. The van der Waals surface area contributed by atoms with E-state index in [9.17, 15) is 4.79 Å². The maximum atomic E-state index is 12.3. The van der Waals surface area contributed by atoms with Crippen LogP contribution in [0.3, 0.4) is 0 Å². The minimum Gasteiger partial charge on any atom is -0.465 e. The van der Waals surface area contributed by atoms with Crippen LogP contribution in [0.5, 0.6) is 0 Å². The molecule has 0 spiro atoms. The predicted octanol–water partition coefficient (Wildman–Crippen LogP) is 1.17. The largest absolute Gasteiger partial charge is 0.465 e. The highest BCUT2D eigenvalue weighted by Gasteiger charge is 2.41. The Morgan fingerprint density at radius 2 is 2.25 bits per heavy atom. The number of esters is 1. The molecule has 2 aliphatic rings. The van der Waals surface area contributed by atoms with E-state index < -0.39 is 5.54 Å². The SMILES string of the molecule is CCOC(=O)C(C)(CN1CCCOC(C)C1)NC1CC1. The van der Waals surface area contributed by atoms with Gasteiger partial charge in [0.1, 0.15) is 5.54 Å². The zero-order valence-electron chi connectivity index (χ0n) is 13.0. The molecule has 1 saturated carbocycles. The Balaban J connectivity index is 1.99. The van der Waals surface area contributed by atoms with Crippen LogP contribution in [0, 0.1) is 0 Å². The van der Waals surface area contributed by atoms with E-state index in [4.69, 9.17) is 9.47 Å². The zero-order valence-corrected chi connectivity index (χ0v) is 13.0. The molecule has 2 unspecified atom stereocenters. The van der Waals surface area contributed by atoms with Crippen LogP contribution in [0.25, 0.3) is 0 Å². The van der Waals surface area contributed by atoms with Gasteiger partial charge < -0.3 is 9.47 Å². The van der Waals surface area contributed by atoms with E-state index in [0.29, 0.717) is 19.2 Å². The molecule has 20 heavy (non-hydrogen) atoms. The molecule has 0 aromatic heterocycles. The van der Waals surface area contributed by atoms with Crippen LogP contribution < -0.4 is 5.32 Å². The summed E-state index contributed by atoms with van der Waals surface area (Å²) in [5.74, 6) is -0.135. The fourth-order valence-electron chi connectivity index (χ4n) is 2.81. The molecule has 2 fully saturated rings. The number of hydrogen-bond acceptors (Lipinski definition) is 5. The van der Waals surface area contributed by atoms with Crippen LogP contribution in [0.15, 0.2) is 0 Å². The number of rotatable bonds is 6. The van der Waals surface area contributed by atoms with E-state index in [1.54, 1.807) is 0 Å². The first kappa shape index (κ1) is 15.7. The lowest BCUT2D eigenvalue weighted by Crippen LogP contribution is -2.58. The number of hydrogen-bond donors (Lipinski definition) is 1. The second-order valence-electron chi connectivity index (χ2n) is 6.24. The molecular weight excluding hydrogens is 256 g/mol. The van der Waals surface area contributed by atoms with Crippen molar-refractivity contribution in [2.45, 2.75) is 57.7 Å². The minimum atomic E-state index is -0.610. The van der Waals surface area contributed by atoms with Gasteiger partial charge in [-0.15, -0.1) is 0 Å². The summed E-state index contributed by atoms with van der Waals surface area (Å²) in [6.45, 7) is 9.71. The maximum absolute atomic E-state index is 12.3. The van der Waals surface area contributed by atoms with E-state index in [1.165, 1.54) is 0 Å². The molecule has 1 aliphatic carbocycles. The molecule has 1 N–H and O–H groups in total. The molecular formula is C15H28N2O3. The molecule has 1 saturated heterocycles. The lowest BCUT2D eigenvalue weighted by Gasteiger charge is -2.34. The highest BCUT2D eigenvalue weighted by Crippen LogP contribution is 2.24. The first-order valence-electron chi connectivity index (χ1n) is 7.82. The molecule has 0 amide bonds. The average molecular weight is 284 g/mol. The quantitative estimate of drug-likeness (QED) is 0.742. The molecule has 0 aromatic carbocycles. The van der Waals surface area contributed by atoms with Crippen molar-refractivity contribution >= 4 is 5.97 Å². The van der Waals surface area contributed by atoms with Crippen molar-refractivity contribution in [1.82, 2.24) is 10.2 Å². The molecule has 5 nitrogen and oxygen atoms in total. The van der Waals surface area contributed by atoms with Crippen molar-refractivity contribution in [3.8, 4) is 0 Å². The van der Waals surface area contributed by atoms with Gasteiger partial charge in [-0.3, -0.25) is 15.0 Å². The average Bonchev–Trinajstić information content (AvgIpc) is 3.19. The fraction of sp³-hybridized carbons (Fsp3) is 0.933. The first-order valence-corrected chi connectivity index (χ1v) is 7.82. The van der Waals surface area contributed by atoms with Gasteiger partial charge in [0.2, 0.25) is 0 Å². The Morgan fingerprint density at radius 1 is 1.50 bits per heavy atom. The summed E-state index contributed by atoms with van der Waals surface area (Å²) in [5, 5.41) is 3.48. The van der Waals surface area contributed by atoms with Crippen molar-refractivity contribution in [3.63, 3.8) is 0 Å². The first-order chi connectivity index (χ1) is 9.53. The van der Waals surface area contributed by atoms with Crippen molar-refractivity contribution in [1.29, 1.82) is 0 Å². The standard InChI is InChI=1S/C15H28N2O3/c1-4-19-14(18)15(3,16-13-6-7-13)11-17-8-5-9-20-12(2)10-17/h12-13,16H,4-11H2,1-3H3. The second-order valence-corrected chi connectivity index (χ2v) is 6.24. The monoisotopic (exact) mass is 284 g/mol. The summed E-state index contributed by atoms with van der Waals surface area (Å²) in [4.78, 5) is 14.7. The Labute approximate surface area is 122 Å². The van der Waals surface area contributed by atoms with E-state index in [2.05, 4.69) is 17.1 Å². The third-order valence-corrected chi connectivity index (χ3v) is 3.90. The van der Waals surface area contributed by atoms with Gasteiger partial charge in [0, 0.05) is 32.3 Å². The highest BCUT2D eigenvalue weighted by molar-refractivity contribution is 5.80. The van der Waals surface area contributed by atoms with Crippen LogP contribution in [-0.2, 0) is 14.3 Å². The van der Waals surface area contributed by atoms with Gasteiger partial charge in [-0.1, -0.05) is 0 Å². The van der Waals surface area contributed by atoms with Gasteiger partial charge in [-0.05, 0) is 40.0 Å². The van der Waals surface area contributed by atoms with E-state index >= 15 is 0 Å². The molecule has 116 valence electrons. The van der Waals surface area contributed by atoms with Gasteiger partial charge >= 0.3 is 5.97 Å². The Kier molecular flexibility index (Phi) is 5.41. The number of carbonyl (C=O) groups is 1. The van der Waals surface area contributed by atoms with Crippen LogP contribution in [-0.4, -0.2) is 61.4 Å². The number of carbonyl (C=O) groups excluding carboxylic acids is 1. The lowest BCUT2D eigenvalue weighted by molar-refractivity contribution is -0.151. The van der Waals surface area contributed by atoms with E-state index in [0.717, 1.165) is 39.0 Å². The molecule has 0 bridgehead atoms. The summed E-state index contributed by atoms with van der Waals surface area (Å²) < 4.78 is 10.9. The topological polar surface area (TPSA) is 50.8 Å². The van der Waals surface area contributed by atoms with Crippen molar-refractivity contribution < 1.29 is 14.3 Å². The van der Waals surface area contributed by atoms with Gasteiger partial charge in [-0.2, -0.15) is 0 Å². The summed E-state index contributed by atoms with van der Waals surface area (Å²) in [6.07, 6.45) is 3.57. The smallest absolute Gasteiger partial charge is 0.327 e. The van der Waals surface area contributed by atoms with E-state index in [-0.39, 0.29) is 12.1 Å². The fourth-order valence-corrected chi connectivity index (χ4v) is 2.81. The number of nitrogens with one attached hydrogen (secondary N) is 1. The molecule has 1 aliphatic heterocycles. The Hall–Kier alpha value is -0.650. The van der Waals surface area contributed by atoms with Crippen LogP contribution >= 0.6 is 0 Å². The minimum absolute atomic E-state index is 0.135. The van der Waals surface area contributed by atoms with Crippen molar-refractivity contribution in [2.75, 3.05) is 32.8 Å². The van der Waals surface area contributed by atoms with Crippen LogP contribution in [0.1, 0.15) is 40.0 Å². The molecule has 0 aromatic rings. The number of ether oxygens (including phenoxy) is 2. The molecule has 5 heteroatoms. The molecule has 0 radical (unpaired) electrons. The highest BCUT2D eigenvalue weighted by atomic mass is 16.5. The maximum Gasteiger partial charge on any atom is 0.327 e. The summed E-state index contributed by atoms with van der Waals surface area (Å²) in [5.41, 5.74) is -0.610. The summed E-state index contributed by atoms with van der Waals surface area (Å²) in [7, 11) is 0. The van der Waals surface area contributed by atoms with Crippen molar-refractivity contribution in [3.05, 3.63) is 0 Å². The molecule has 2 atom stereocenters. The lowest BCUT2D eigenvalue weighted by atomic mass is 10.0. The molecule has 1 heterocycles. The van der Waals surface area contributed by atoms with E-state index in [1.807, 2.05) is 13.8 Å². The van der Waals surface area contributed by atoms with Crippen molar-refractivity contribution in [2.24, 2.45) is 0 Å². The van der Waals surface area contributed by atoms with Gasteiger partial charge in [0.25, 0.3) is 0 Å². The Bertz CT molecular complexity index is 333. The third kappa shape index (κ3) is 4.43. The van der Waals surface area contributed by atoms with Crippen LogP contribution in [0.4, 0.5) is 0 Å². The predicted molar refractivity (Wildman–Crippen MR) is 77.7 cm³/mol. The Morgan fingerprint density at radius 3 is 2.90 bits per heavy atom. The second kappa shape index (κ2) is 6.87.